The van der Waals surface area contributed by atoms with E-state index >= 15 is 0 Å². The van der Waals surface area contributed by atoms with Crippen molar-refractivity contribution in [3.05, 3.63) is 52.5 Å². The maximum Gasteiger partial charge on any atom is 0.416 e. The molecule has 6 nitrogen and oxygen atoms in total. The average molecular weight is 562 g/mol. The maximum atomic E-state index is 13.5. The highest BCUT2D eigenvalue weighted by atomic mass is 79.9. The Labute approximate surface area is 204 Å². The van der Waals surface area contributed by atoms with Gasteiger partial charge in [-0.3, -0.25) is 9.10 Å². The number of alkyl halides is 3. The zero-order valence-electron chi connectivity index (χ0n) is 18.6. The Hall–Kier alpha value is -2.27. The number of carbonyl (C=O) groups excluding carboxylic acids is 1. The Bertz CT molecular complexity index is 1230. The van der Waals surface area contributed by atoms with Gasteiger partial charge < -0.3 is 9.47 Å². The predicted molar refractivity (Wildman–Crippen MR) is 122 cm³/mol. The van der Waals surface area contributed by atoms with Crippen LogP contribution in [0.3, 0.4) is 0 Å². The molecule has 2 aromatic carbocycles. The molecule has 0 spiro atoms. The number of fused-ring (bicyclic) bond motifs is 1. The van der Waals surface area contributed by atoms with Gasteiger partial charge in [0, 0.05) is 10.4 Å². The summed E-state index contributed by atoms with van der Waals surface area (Å²) in [5.74, 6) is -0.815. The van der Waals surface area contributed by atoms with E-state index in [0.29, 0.717) is 17.0 Å². The Morgan fingerprint density at radius 1 is 1.15 bits per heavy atom. The van der Waals surface area contributed by atoms with E-state index in [1.54, 1.807) is 32.9 Å². The van der Waals surface area contributed by atoms with Gasteiger partial charge in [-0.2, -0.15) is 13.2 Å². The van der Waals surface area contributed by atoms with Crippen LogP contribution in [0.25, 0.3) is 0 Å². The summed E-state index contributed by atoms with van der Waals surface area (Å²) >= 11 is 3.30. The number of halogens is 4. The highest BCUT2D eigenvalue weighted by molar-refractivity contribution is 9.10. The molecule has 0 N–H and O–H groups in total. The van der Waals surface area contributed by atoms with Gasteiger partial charge in [-0.15, -0.1) is 0 Å². The van der Waals surface area contributed by atoms with Gasteiger partial charge in [-0.05, 0) is 63.6 Å². The first kappa shape index (κ1) is 24.8. The summed E-state index contributed by atoms with van der Waals surface area (Å²) in [5.41, 5.74) is -1.51. The lowest BCUT2D eigenvalue weighted by Gasteiger charge is -2.36. The number of nitrogens with zero attached hydrogens (tertiary/aromatic N) is 1. The predicted octanol–water partition coefficient (Wildman–Crippen LogP) is 5.40. The molecule has 0 amide bonds. The molecule has 1 heterocycles. The van der Waals surface area contributed by atoms with E-state index in [-0.39, 0.29) is 29.9 Å². The van der Waals surface area contributed by atoms with Crippen LogP contribution in [-0.4, -0.2) is 32.6 Å². The average Bonchev–Trinajstić information content (AvgIpc) is 3.52. The lowest BCUT2D eigenvalue weighted by molar-refractivity contribution is -0.157. The number of hydrogen-bond donors (Lipinski definition) is 0. The van der Waals surface area contributed by atoms with Crippen LogP contribution < -0.4 is 9.04 Å². The number of rotatable bonds is 4. The number of anilines is 1. The van der Waals surface area contributed by atoms with Gasteiger partial charge in [-0.1, -0.05) is 22.0 Å². The van der Waals surface area contributed by atoms with Crippen molar-refractivity contribution in [2.24, 2.45) is 11.8 Å². The van der Waals surface area contributed by atoms with E-state index in [4.69, 9.17) is 9.47 Å². The summed E-state index contributed by atoms with van der Waals surface area (Å²) < 4.78 is 79.8. The zero-order valence-corrected chi connectivity index (χ0v) is 21.0. The number of carbonyl (C=O) groups is 1. The second-order valence-electron chi connectivity index (χ2n) is 9.37. The summed E-state index contributed by atoms with van der Waals surface area (Å²) in [5, 5.41) is 0. The van der Waals surface area contributed by atoms with Gasteiger partial charge in [0.1, 0.15) is 17.5 Å². The summed E-state index contributed by atoms with van der Waals surface area (Å²) in [6.07, 6.45) is -4.87. The summed E-state index contributed by atoms with van der Waals surface area (Å²) in [6.45, 7) is 5.14. The summed E-state index contributed by atoms with van der Waals surface area (Å²) in [7, 11) is -4.36. The Morgan fingerprint density at radius 2 is 1.85 bits per heavy atom. The standard InChI is InChI=1S/C23H23BrF3NO5S/c1-22(2,3)33-21(29)17-11-16(17)20-12-28(18-10-14(24)7-8-19(18)32-20)34(30,31)15-6-4-5-13(9-15)23(25,26)27/h4-10,16-17,20H,11-12H2,1-3H3/t16-,17-,20-/m1/s1. The largest absolute Gasteiger partial charge is 0.486 e. The van der Waals surface area contributed by atoms with E-state index in [2.05, 4.69) is 15.9 Å². The third-order valence-electron chi connectivity index (χ3n) is 5.59. The number of benzene rings is 2. The molecule has 34 heavy (non-hydrogen) atoms. The minimum Gasteiger partial charge on any atom is -0.486 e. The van der Waals surface area contributed by atoms with Crippen molar-refractivity contribution in [3.8, 4) is 5.75 Å². The SMILES string of the molecule is CC(C)(C)OC(=O)[C@@H]1C[C@H]1[C@H]1CN(S(=O)(=O)c2cccc(C(F)(F)F)c2)c2cc(Br)ccc2O1. The van der Waals surface area contributed by atoms with Gasteiger partial charge in [-0.25, -0.2) is 8.42 Å². The van der Waals surface area contributed by atoms with Crippen molar-refractivity contribution in [3.63, 3.8) is 0 Å². The second-order valence-corrected chi connectivity index (χ2v) is 12.1. The molecule has 1 aliphatic heterocycles. The fourth-order valence-corrected chi connectivity index (χ4v) is 5.81. The van der Waals surface area contributed by atoms with Crippen molar-refractivity contribution in [1.82, 2.24) is 0 Å². The summed E-state index contributed by atoms with van der Waals surface area (Å²) in [6, 6.07) is 8.44. The molecule has 2 aliphatic rings. The Kier molecular flexibility index (Phi) is 6.17. The quantitative estimate of drug-likeness (QED) is 0.467. The van der Waals surface area contributed by atoms with E-state index in [1.165, 1.54) is 6.07 Å². The topological polar surface area (TPSA) is 72.9 Å². The van der Waals surface area contributed by atoms with E-state index in [1.807, 2.05) is 0 Å². The number of esters is 1. The molecule has 1 aliphatic carbocycles. The Morgan fingerprint density at radius 3 is 2.50 bits per heavy atom. The first-order valence-electron chi connectivity index (χ1n) is 10.6. The third kappa shape index (κ3) is 5.05. The van der Waals surface area contributed by atoms with Crippen LogP contribution in [-0.2, 0) is 25.7 Å². The molecule has 184 valence electrons. The lowest BCUT2D eigenvalue weighted by Crippen LogP contribution is -2.45. The fourth-order valence-electron chi connectivity index (χ4n) is 3.93. The van der Waals surface area contributed by atoms with Crippen LogP contribution in [0.2, 0.25) is 0 Å². The third-order valence-corrected chi connectivity index (χ3v) is 7.86. The van der Waals surface area contributed by atoms with Crippen LogP contribution in [0.4, 0.5) is 18.9 Å². The van der Waals surface area contributed by atoms with Gasteiger partial charge in [0.05, 0.1) is 28.6 Å². The minimum atomic E-state index is -4.69. The molecule has 0 saturated heterocycles. The van der Waals surface area contributed by atoms with Gasteiger partial charge >= 0.3 is 12.1 Å². The second kappa shape index (κ2) is 8.44. The highest BCUT2D eigenvalue weighted by Gasteiger charge is 2.53. The molecule has 1 saturated carbocycles. The number of hydrogen-bond acceptors (Lipinski definition) is 5. The normalized spacial score (nSPS) is 22.6. The smallest absolute Gasteiger partial charge is 0.416 e. The molecule has 3 atom stereocenters. The van der Waals surface area contributed by atoms with Gasteiger partial charge in [0.2, 0.25) is 0 Å². The molecular weight excluding hydrogens is 539 g/mol. The van der Waals surface area contributed by atoms with Crippen molar-refractivity contribution >= 4 is 37.6 Å². The van der Waals surface area contributed by atoms with E-state index < -0.39 is 44.3 Å². The molecule has 2 aromatic rings. The first-order chi connectivity index (χ1) is 15.7. The minimum absolute atomic E-state index is 0.147. The summed E-state index contributed by atoms with van der Waals surface area (Å²) in [4.78, 5) is 12.0. The number of ether oxygens (including phenoxy) is 2. The van der Waals surface area contributed by atoms with Crippen molar-refractivity contribution in [1.29, 1.82) is 0 Å². The van der Waals surface area contributed by atoms with Gasteiger partial charge in [0.15, 0.2) is 0 Å². The zero-order chi connectivity index (χ0) is 25.1. The molecule has 0 bridgehead atoms. The Balaban J connectivity index is 1.67. The lowest BCUT2D eigenvalue weighted by atomic mass is 10.1. The van der Waals surface area contributed by atoms with Crippen molar-refractivity contribution in [2.45, 2.75) is 50.0 Å². The van der Waals surface area contributed by atoms with Crippen molar-refractivity contribution < 1.29 is 35.9 Å². The van der Waals surface area contributed by atoms with Crippen LogP contribution in [0.15, 0.2) is 51.8 Å². The molecule has 0 unspecified atom stereocenters. The van der Waals surface area contributed by atoms with Crippen LogP contribution in [0, 0.1) is 11.8 Å². The first-order valence-corrected chi connectivity index (χ1v) is 12.8. The van der Waals surface area contributed by atoms with Crippen LogP contribution in [0.5, 0.6) is 5.75 Å². The van der Waals surface area contributed by atoms with Crippen LogP contribution in [0.1, 0.15) is 32.8 Å². The highest BCUT2D eigenvalue weighted by Crippen LogP contribution is 2.48. The van der Waals surface area contributed by atoms with Crippen molar-refractivity contribution in [2.75, 3.05) is 10.8 Å². The van der Waals surface area contributed by atoms with E-state index in [9.17, 15) is 26.4 Å². The maximum absolute atomic E-state index is 13.5. The molecule has 1 fully saturated rings. The van der Waals surface area contributed by atoms with Crippen LogP contribution >= 0.6 is 15.9 Å². The van der Waals surface area contributed by atoms with Gasteiger partial charge in [0.25, 0.3) is 10.0 Å². The molecule has 0 radical (unpaired) electrons. The van der Waals surface area contributed by atoms with E-state index in [0.717, 1.165) is 22.5 Å². The molecule has 0 aromatic heterocycles. The number of sulfonamides is 1. The monoisotopic (exact) mass is 561 g/mol. The fraction of sp³-hybridized carbons (Fsp3) is 0.435. The molecule has 11 heteroatoms. The molecular formula is C23H23BrF3NO5S. The molecule has 4 rings (SSSR count).